The van der Waals surface area contributed by atoms with Crippen molar-refractivity contribution in [3.05, 3.63) is 12.2 Å². The summed E-state index contributed by atoms with van der Waals surface area (Å²) in [6, 6.07) is -0.0535. The number of aliphatic hydroxyl groups is 1. The summed E-state index contributed by atoms with van der Waals surface area (Å²) in [5, 5.41) is 17.3. The topological polar surface area (TPSA) is 77.8 Å². The van der Waals surface area contributed by atoms with Crippen LogP contribution in [0.1, 0.15) is 38.5 Å². The summed E-state index contributed by atoms with van der Waals surface area (Å²) in [7, 11) is 0. The highest BCUT2D eigenvalue weighted by Gasteiger charge is 2.30. The molecule has 1 aliphatic heterocycles. The number of aliphatic carboxylic acids is 1. The SMILES string of the molecule is O=C(O)CCC/C=C\C[C@H]1C(=O)CCN1CCCO. The van der Waals surface area contributed by atoms with Gasteiger partial charge in [0, 0.05) is 32.5 Å². The summed E-state index contributed by atoms with van der Waals surface area (Å²) in [5.41, 5.74) is 0. The Labute approximate surface area is 113 Å². The molecule has 1 saturated heterocycles. The first kappa shape index (κ1) is 15.9. The third-order valence-corrected chi connectivity index (χ3v) is 3.35. The molecule has 1 atom stereocenters. The Morgan fingerprint density at radius 3 is 2.84 bits per heavy atom. The van der Waals surface area contributed by atoms with Gasteiger partial charge in [-0.25, -0.2) is 0 Å². The molecule has 0 unspecified atom stereocenters. The summed E-state index contributed by atoms with van der Waals surface area (Å²) in [6.45, 7) is 1.71. The second kappa shape index (κ2) is 8.82. The van der Waals surface area contributed by atoms with Crippen LogP contribution in [0, 0.1) is 0 Å². The van der Waals surface area contributed by atoms with Gasteiger partial charge in [-0.3, -0.25) is 14.5 Å². The molecule has 5 heteroatoms. The fourth-order valence-corrected chi connectivity index (χ4v) is 2.32. The molecule has 1 fully saturated rings. The maximum absolute atomic E-state index is 11.7. The monoisotopic (exact) mass is 269 g/mol. The second-order valence-electron chi connectivity index (χ2n) is 4.84. The quantitative estimate of drug-likeness (QED) is 0.486. The lowest BCUT2D eigenvalue weighted by Gasteiger charge is -2.21. The minimum atomic E-state index is -0.769. The molecule has 0 aromatic carbocycles. The standard InChI is InChI=1S/C14H23NO4/c16-11-5-9-15-10-8-13(17)12(15)6-3-1-2-4-7-14(18)19/h1,3,12,16H,2,4-11H2,(H,18,19)/b3-1-/t12-/m0/s1. The number of nitrogens with zero attached hydrogens (tertiary/aromatic N) is 1. The van der Waals surface area contributed by atoms with Crippen LogP contribution >= 0.6 is 0 Å². The maximum Gasteiger partial charge on any atom is 0.303 e. The lowest BCUT2D eigenvalue weighted by Crippen LogP contribution is -2.33. The Hall–Kier alpha value is -1.20. The normalized spacial score (nSPS) is 20.5. The lowest BCUT2D eigenvalue weighted by atomic mass is 10.1. The molecule has 0 radical (unpaired) electrons. The van der Waals surface area contributed by atoms with Gasteiger partial charge in [0.15, 0.2) is 5.78 Å². The number of likely N-dealkylation sites (tertiary alicyclic amines) is 1. The average molecular weight is 269 g/mol. The molecule has 0 saturated carbocycles. The number of hydrogen-bond acceptors (Lipinski definition) is 4. The number of carbonyl (C=O) groups excluding carboxylic acids is 1. The number of carboxylic acids is 1. The van der Waals surface area contributed by atoms with E-state index in [4.69, 9.17) is 10.2 Å². The number of hydrogen-bond donors (Lipinski definition) is 2. The van der Waals surface area contributed by atoms with Gasteiger partial charge >= 0.3 is 5.97 Å². The molecule has 0 aromatic heterocycles. The zero-order chi connectivity index (χ0) is 14.1. The Morgan fingerprint density at radius 1 is 1.37 bits per heavy atom. The molecule has 2 N–H and O–H groups in total. The van der Waals surface area contributed by atoms with Gasteiger partial charge in [0.2, 0.25) is 0 Å². The lowest BCUT2D eigenvalue weighted by molar-refractivity contribution is -0.137. The fraction of sp³-hybridized carbons (Fsp3) is 0.714. The third-order valence-electron chi connectivity index (χ3n) is 3.35. The van der Waals surface area contributed by atoms with Crippen LogP contribution < -0.4 is 0 Å². The first-order valence-corrected chi connectivity index (χ1v) is 6.89. The molecule has 5 nitrogen and oxygen atoms in total. The van der Waals surface area contributed by atoms with Crippen molar-refractivity contribution in [2.75, 3.05) is 19.7 Å². The molecule has 0 aliphatic carbocycles. The highest BCUT2D eigenvalue weighted by atomic mass is 16.4. The van der Waals surface area contributed by atoms with Crippen molar-refractivity contribution in [2.45, 2.75) is 44.6 Å². The van der Waals surface area contributed by atoms with E-state index in [1.54, 1.807) is 0 Å². The fourth-order valence-electron chi connectivity index (χ4n) is 2.32. The summed E-state index contributed by atoms with van der Waals surface area (Å²) in [5.74, 6) is -0.498. The highest BCUT2D eigenvalue weighted by molar-refractivity contribution is 5.86. The Balaban J connectivity index is 2.26. The van der Waals surface area contributed by atoms with Crippen molar-refractivity contribution >= 4 is 11.8 Å². The van der Waals surface area contributed by atoms with E-state index in [-0.39, 0.29) is 24.9 Å². The van der Waals surface area contributed by atoms with Crippen molar-refractivity contribution in [2.24, 2.45) is 0 Å². The van der Waals surface area contributed by atoms with E-state index in [1.165, 1.54) is 0 Å². The van der Waals surface area contributed by atoms with Crippen molar-refractivity contribution < 1.29 is 19.8 Å². The summed E-state index contributed by atoms with van der Waals surface area (Å²) in [6.07, 6.45) is 7.49. The minimum absolute atomic E-state index is 0.0535. The summed E-state index contributed by atoms with van der Waals surface area (Å²) < 4.78 is 0. The first-order chi connectivity index (χ1) is 9.15. The van der Waals surface area contributed by atoms with Crippen molar-refractivity contribution in [3.63, 3.8) is 0 Å². The van der Waals surface area contributed by atoms with E-state index in [2.05, 4.69) is 4.90 Å². The number of ketones is 1. The van der Waals surface area contributed by atoms with Crippen molar-refractivity contribution in [3.8, 4) is 0 Å². The van der Waals surface area contributed by atoms with E-state index in [0.29, 0.717) is 25.7 Å². The second-order valence-corrected chi connectivity index (χ2v) is 4.84. The number of allylic oxidation sites excluding steroid dienone is 1. The average Bonchev–Trinajstić information content (AvgIpc) is 2.72. The Morgan fingerprint density at radius 2 is 2.16 bits per heavy atom. The zero-order valence-electron chi connectivity index (χ0n) is 11.3. The van der Waals surface area contributed by atoms with E-state index in [9.17, 15) is 9.59 Å². The predicted octanol–water partition coefficient (Wildman–Crippen LogP) is 1.21. The van der Waals surface area contributed by atoms with Gasteiger partial charge < -0.3 is 10.2 Å². The molecule has 1 heterocycles. The minimum Gasteiger partial charge on any atom is -0.481 e. The van der Waals surface area contributed by atoms with Crippen LogP contribution in [0.2, 0.25) is 0 Å². The van der Waals surface area contributed by atoms with Gasteiger partial charge in [-0.05, 0) is 25.7 Å². The Kier molecular flexibility index (Phi) is 7.36. The van der Waals surface area contributed by atoms with Crippen LogP contribution in [0.15, 0.2) is 12.2 Å². The first-order valence-electron chi connectivity index (χ1n) is 6.89. The molecule has 0 amide bonds. The molecule has 19 heavy (non-hydrogen) atoms. The zero-order valence-corrected chi connectivity index (χ0v) is 11.3. The summed E-state index contributed by atoms with van der Waals surface area (Å²) >= 11 is 0. The van der Waals surface area contributed by atoms with Crippen LogP contribution in [-0.4, -0.2) is 52.6 Å². The molecule has 1 aliphatic rings. The maximum atomic E-state index is 11.7. The number of carboxylic acid groups (broad SMARTS) is 1. The van der Waals surface area contributed by atoms with E-state index in [0.717, 1.165) is 19.5 Å². The van der Waals surface area contributed by atoms with Crippen molar-refractivity contribution in [1.82, 2.24) is 4.90 Å². The molecule has 0 bridgehead atoms. The predicted molar refractivity (Wildman–Crippen MR) is 71.9 cm³/mol. The van der Waals surface area contributed by atoms with Gasteiger partial charge in [0.25, 0.3) is 0 Å². The van der Waals surface area contributed by atoms with Crippen LogP contribution in [0.25, 0.3) is 0 Å². The molecular weight excluding hydrogens is 246 g/mol. The van der Waals surface area contributed by atoms with Crippen LogP contribution in [0.5, 0.6) is 0 Å². The number of aliphatic hydroxyl groups excluding tert-OH is 1. The molecule has 0 spiro atoms. The van der Waals surface area contributed by atoms with Crippen molar-refractivity contribution in [1.29, 1.82) is 0 Å². The smallest absolute Gasteiger partial charge is 0.303 e. The van der Waals surface area contributed by atoms with Crippen LogP contribution in [-0.2, 0) is 9.59 Å². The van der Waals surface area contributed by atoms with Crippen LogP contribution in [0.4, 0.5) is 0 Å². The number of carbonyl (C=O) groups is 2. The van der Waals surface area contributed by atoms with Gasteiger partial charge in [0.1, 0.15) is 0 Å². The molecular formula is C14H23NO4. The Bertz CT molecular complexity index is 327. The number of rotatable bonds is 9. The number of unbranched alkanes of at least 4 members (excludes halogenated alkanes) is 1. The molecule has 0 aromatic rings. The largest absolute Gasteiger partial charge is 0.481 e. The van der Waals surface area contributed by atoms with Gasteiger partial charge in [-0.1, -0.05) is 12.2 Å². The van der Waals surface area contributed by atoms with Gasteiger partial charge in [-0.15, -0.1) is 0 Å². The van der Waals surface area contributed by atoms with E-state index in [1.807, 2.05) is 12.2 Å². The molecule has 108 valence electrons. The van der Waals surface area contributed by atoms with E-state index < -0.39 is 5.97 Å². The number of Topliss-reactive ketones (excluding diaryl/α,β-unsaturated/α-hetero) is 1. The summed E-state index contributed by atoms with van der Waals surface area (Å²) in [4.78, 5) is 24.2. The van der Waals surface area contributed by atoms with Gasteiger partial charge in [0.05, 0.1) is 6.04 Å². The highest BCUT2D eigenvalue weighted by Crippen LogP contribution is 2.17. The molecule has 1 rings (SSSR count). The van der Waals surface area contributed by atoms with Crippen LogP contribution in [0.3, 0.4) is 0 Å². The van der Waals surface area contributed by atoms with E-state index >= 15 is 0 Å². The van der Waals surface area contributed by atoms with Gasteiger partial charge in [-0.2, -0.15) is 0 Å². The third kappa shape index (κ3) is 5.98.